The van der Waals surface area contributed by atoms with Gasteiger partial charge in [0.15, 0.2) is 0 Å². The maximum Gasteiger partial charge on any atom is 0.225 e. The number of rotatable bonds is 6. The molecule has 1 N–H and O–H groups in total. The van der Waals surface area contributed by atoms with Crippen LogP contribution in [-0.4, -0.2) is 49.7 Å². The van der Waals surface area contributed by atoms with E-state index in [1.165, 1.54) is 38.5 Å². The van der Waals surface area contributed by atoms with Crippen molar-refractivity contribution < 1.29 is 9.53 Å². The fraction of sp³-hybridized carbons (Fsp3) is 0.941. The lowest BCUT2D eigenvalue weighted by Crippen LogP contribution is -2.47. The molecule has 21 heavy (non-hydrogen) atoms. The Bertz CT molecular complexity index is 303. The first-order chi connectivity index (χ1) is 10.3. The monoisotopic (exact) mass is 296 g/mol. The van der Waals surface area contributed by atoms with Gasteiger partial charge in [-0.25, -0.2) is 0 Å². The van der Waals surface area contributed by atoms with Gasteiger partial charge in [0.2, 0.25) is 5.91 Å². The minimum absolute atomic E-state index is 0.316. The van der Waals surface area contributed by atoms with Gasteiger partial charge in [-0.1, -0.05) is 19.8 Å². The second-order valence-corrected chi connectivity index (χ2v) is 6.45. The average Bonchev–Trinajstić information content (AvgIpc) is 2.78. The Morgan fingerprint density at radius 3 is 2.71 bits per heavy atom. The third-order valence-corrected chi connectivity index (χ3v) is 4.86. The first-order valence-electron chi connectivity index (χ1n) is 8.91. The maximum absolute atomic E-state index is 12.6. The molecule has 2 aliphatic rings. The lowest BCUT2D eigenvalue weighted by molar-refractivity contribution is -0.136. The van der Waals surface area contributed by atoms with Crippen molar-refractivity contribution in [1.29, 1.82) is 0 Å². The summed E-state index contributed by atoms with van der Waals surface area (Å²) in [7, 11) is 0. The number of nitrogens with one attached hydrogen (secondary N) is 1. The topological polar surface area (TPSA) is 41.6 Å². The molecular formula is C17H32N2O2. The summed E-state index contributed by atoms with van der Waals surface area (Å²) in [6.07, 6.45) is 8.95. The van der Waals surface area contributed by atoms with Crippen LogP contribution in [0.2, 0.25) is 0 Å². The van der Waals surface area contributed by atoms with Crippen LogP contribution in [0, 0.1) is 5.92 Å². The van der Waals surface area contributed by atoms with E-state index in [4.69, 9.17) is 4.74 Å². The summed E-state index contributed by atoms with van der Waals surface area (Å²) in [6, 6.07) is 0.480. The Morgan fingerprint density at radius 1 is 1.14 bits per heavy atom. The van der Waals surface area contributed by atoms with Gasteiger partial charge in [0.05, 0.1) is 13.0 Å². The Morgan fingerprint density at radius 2 is 1.95 bits per heavy atom. The number of piperidine rings is 1. The molecule has 2 saturated heterocycles. The van der Waals surface area contributed by atoms with Crippen LogP contribution in [0.4, 0.5) is 0 Å². The number of ether oxygens (including phenoxy) is 1. The normalized spacial score (nSPS) is 24.8. The summed E-state index contributed by atoms with van der Waals surface area (Å²) in [4.78, 5) is 14.8. The molecule has 2 aliphatic heterocycles. The fourth-order valence-corrected chi connectivity index (χ4v) is 3.71. The number of carbonyl (C=O) groups excluding carboxylic acids is 1. The molecule has 0 spiro atoms. The second kappa shape index (κ2) is 9.42. The maximum atomic E-state index is 12.6. The minimum atomic E-state index is 0.316. The van der Waals surface area contributed by atoms with Crippen LogP contribution in [0.5, 0.6) is 0 Å². The van der Waals surface area contributed by atoms with Crippen LogP contribution in [-0.2, 0) is 9.53 Å². The quantitative estimate of drug-likeness (QED) is 0.766. The van der Waals surface area contributed by atoms with Crippen LogP contribution in [0.25, 0.3) is 0 Å². The molecule has 0 aromatic carbocycles. The Hall–Kier alpha value is -0.610. The van der Waals surface area contributed by atoms with E-state index in [-0.39, 0.29) is 0 Å². The van der Waals surface area contributed by atoms with Crippen molar-refractivity contribution in [3.8, 4) is 0 Å². The molecule has 2 fully saturated rings. The molecule has 2 rings (SSSR count). The van der Waals surface area contributed by atoms with E-state index in [0.29, 0.717) is 30.9 Å². The highest BCUT2D eigenvalue weighted by Crippen LogP contribution is 2.28. The smallest absolute Gasteiger partial charge is 0.225 e. The molecule has 4 heteroatoms. The molecule has 122 valence electrons. The number of hydrogen-bond acceptors (Lipinski definition) is 3. The van der Waals surface area contributed by atoms with Gasteiger partial charge in [0.25, 0.3) is 0 Å². The molecule has 4 nitrogen and oxygen atoms in total. The van der Waals surface area contributed by atoms with E-state index in [2.05, 4.69) is 17.1 Å². The number of nitrogens with zero attached hydrogens (tertiary/aromatic N) is 1. The van der Waals surface area contributed by atoms with E-state index >= 15 is 0 Å². The van der Waals surface area contributed by atoms with Gasteiger partial charge in [-0.15, -0.1) is 0 Å². The molecule has 1 amide bonds. The van der Waals surface area contributed by atoms with Crippen molar-refractivity contribution in [3.63, 3.8) is 0 Å². The van der Waals surface area contributed by atoms with Crippen LogP contribution in [0.3, 0.4) is 0 Å². The van der Waals surface area contributed by atoms with Crippen LogP contribution in [0.15, 0.2) is 0 Å². The van der Waals surface area contributed by atoms with E-state index in [9.17, 15) is 4.79 Å². The van der Waals surface area contributed by atoms with Crippen molar-refractivity contribution >= 4 is 5.91 Å². The summed E-state index contributed by atoms with van der Waals surface area (Å²) in [5, 5.41) is 3.44. The lowest BCUT2D eigenvalue weighted by Gasteiger charge is -2.38. The zero-order chi connectivity index (χ0) is 14.9. The van der Waals surface area contributed by atoms with E-state index in [0.717, 1.165) is 32.7 Å². The van der Waals surface area contributed by atoms with Crippen molar-refractivity contribution in [1.82, 2.24) is 10.2 Å². The summed E-state index contributed by atoms with van der Waals surface area (Å²) in [6.45, 7) is 6.64. The van der Waals surface area contributed by atoms with Gasteiger partial charge in [-0.05, 0) is 51.1 Å². The molecule has 0 aliphatic carbocycles. The van der Waals surface area contributed by atoms with E-state index < -0.39 is 0 Å². The summed E-state index contributed by atoms with van der Waals surface area (Å²) >= 11 is 0. The van der Waals surface area contributed by atoms with E-state index in [1.807, 2.05) is 0 Å². The second-order valence-electron chi connectivity index (χ2n) is 6.45. The number of hydrogen-bond donors (Lipinski definition) is 1. The van der Waals surface area contributed by atoms with Gasteiger partial charge in [-0.3, -0.25) is 4.79 Å². The van der Waals surface area contributed by atoms with Crippen molar-refractivity contribution in [2.45, 2.75) is 64.3 Å². The standard InChI is InChI=1S/C17H32N2O2/c1-2-13-21-14-9-17(20)19-12-5-3-4-6-16(19)15-7-10-18-11-8-15/h15-16,18H,2-14H2,1H3. The van der Waals surface area contributed by atoms with Gasteiger partial charge in [0.1, 0.15) is 0 Å². The fourth-order valence-electron chi connectivity index (χ4n) is 3.71. The van der Waals surface area contributed by atoms with Crippen LogP contribution in [0.1, 0.15) is 58.3 Å². The first-order valence-corrected chi connectivity index (χ1v) is 8.91. The number of carbonyl (C=O) groups is 1. The Balaban J connectivity index is 1.89. The molecule has 0 bridgehead atoms. The number of amides is 1. The van der Waals surface area contributed by atoms with Gasteiger partial charge in [0, 0.05) is 19.2 Å². The summed E-state index contributed by atoms with van der Waals surface area (Å²) < 4.78 is 5.50. The molecule has 0 radical (unpaired) electrons. The van der Waals surface area contributed by atoms with Crippen LogP contribution < -0.4 is 5.32 Å². The lowest BCUT2D eigenvalue weighted by atomic mass is 9.86. The van der Waals surface area contributed by atoms with Crippen molar-refractivity contribution in [2.75, 3.05) is 32.8 Å². The third kappa shape index (κ3) is 5.26. The average molecular weight is 296 g/mol. The predicted octanol–water partition coefficient (Wildman–Crippen LogP) is 2.57. The molecule has 0 saturated carbocycles. The van der Waals surface area contributed by atoms with Crippen molar-refractivity contribution in [2.24, 2.45) is 5.92 Å². The summed E-state index contributed by atoms with van der Waals surface area (Å²) in [5.41, 5.74) is 0. The first kappa shape index (κ1) is 16.8. The highest BCUT2D eigenvalue weighted by Gasteiger charge is 2.32. The van der Waals surface area contributed by atoms with Crippen molar-refractivity contribution in [3.05, 3.63) is 0 Å². The highest BCUT2D eigenvalue weighted by atomic mass is 16.5. The van der Waals surface area contributed by atoms with Gasteiger partial charge < -0.3 is 15.0 Å². The molecule has 2 heterocycles. The molecule has 1 atom stereocenters. The largest absolute Gasteiger partial charge is 0.381 e. The van der Waals surface area contributed by atoms with Crippen LogP contribution >= 0.6 is 0 Å². The molecular weight excluding hydrogens is 264 g/mol. The highest BCUT2D eigenvalue weighted by molar-refractivity contribution is 5.76. The zero-order valence-corrected chi connectivity index (χ0v) is 13.6. The predicted molar refractivity (Wildman–Crippen MR) is 85.3 cm³/mol. The minimum Gasteiger partial charge on any atom is -0.381 e. The molecule has 1 unspecified atom stereocenters. The van der Waals surface area contributed by atoms with E-state index in [1.54, 1.807) is 0 Å². The Labute approximate surface area is 129 Å². The Kier molecular flexibility index (Phi) is 7.51. The molecule has 0 aromatic heterocycles. The summed E-state index contributed by atoms with van der Waals surface area (Å²) in [5.74, 6) is 1.02. The number of likely N-dealkylation sites (tertiary alicyclic amines) is 1. The SMILES string of the molecule is CCCOCCC(=O)N1CCCCCC1C1CCNCC1. The van der Waals surface area contributed by atoms with Gasteiger partial charge in [-0.2, -0.15) is 0 Å². The third-order valence-electron chi connectivity index (χ3n) is 4.86. The molecule has 0 aromatic rings. The van der Waals surface area contributed by atoms with Gasteiger partial charge >= 0.3 is 0 Å². The zero-order valence-electron chi connectivity index (χ0n) is 13.6.